The van der Waals surface area contributed by atoms with E-state index in [1.807, 2.05) is 13.8 Å². The monoisotopic (exact) mass is 459 g/mol. The van der Waals surface area contributed by atoms with Crippen molar-refractivity contribution in [3.63, 3.8) is 0 Å². The largest absolute Gasteiger partial charge is 0.448 e. The van der Waals surface area contributed by atoms with Crippen LogP contribution in [0.15, 0.2) is 44.5 Å². The molecule has 1 aromatic carbocycles. The van der Waals surface area contributed by atoms with Crippen molar-refractivity contribution >= 4 is 57.2 Å². The van der Waals surface area contributed by atoms with E-state index in [0.29, 0.717) is 21.0 Å². The Bertz CT molecular complexity index is 836. The minimum absolute atomic E-state index is 0.158. The molecule has 9 heteroatoms. The Morgan fingerprint density at radius 1 is 1.19 bits per heavy atom. The fourth-order valence-electron chi connectivity index (χ4n) is 2.02. The third-order valence-electron chi connectivity index (χ3n) is 3.38. The smallest absolute Gasteiger partial charge is 0.262 e. The molecular weight excluding hydrogens is 445 g/mol. The summed E-state index contributed by atoms with van der Waals surface area (Å²) in [4.78, 5) is 24.7. The van der Waals surface area contributed by atoms with Crippen LogP contribution in [0.2, 0.25) is 10.0 Å². The van der Waals surface area contributed by atoms with Gasteiger partial charge in [-0.25, -0.2) is 5.43 Å². The standard InChI is InChI=1S/C17H16BrCl2N3O3/c1-9(2)15(17(25)23-21-8-11-4-6-14(18)26-11)22-16(24)10-3-5-12(19)13(20)7-10/h3-9,15H,1-2H3,(H,22,24)(H,23,25)/b21-8-. The van der Waals surface area contributed by atoms with Gasteiger partial charge in [0.15, 0.2) is 4.67 Å². The van der Waals surface area contributed by atoms with Crippen LogP contribution in [0.5, 0.6) is 0 Å². The minimum atomic E-state index is -0.780. The number of benzene rings is 1. The molecule has 0 aliphatic rings. The number of hydrazone groups is 1. The average molecular weight is 461 g/mol. The highest BCUT2D eigenvalue weighted by Gasteiger charge is 2.24. The van der Waals surface area contributed by atoms with E-state index >= 15 is 0 Å². The van der Waals surface area contributed by atoms with Gasteiger partial charge in [0.2, 0.25) is 0 Å². The van der Waals surface area contributed by atoms with Crippen molar-refractivity contribution in [3.8, 4) is 0 Å². The van der Waals surface area contributed by atoms with Gasteiger partial charge in [-0.2, -0.15) is 5.10 Å². The Kier molecular flexibility index (Phi) is 7.25. The van der Waals surface area contributed by atoms with Crippen molar-refractivity contribution in [3.05, 3.63) is 56.4 Å². The molecule has 26 heavy (non-hydrogen) atoms. The van der Waals surface area contributed by atoms with Crippen molar-refractivity contribution < 1.29 is 14.0 Å². The van der Waals surface area contributed by atoms with Crippen molar-refractivity contribution in [2.75, 3.05) is 0 Å². The summed E-state index contributed by atoms with van der Waals surface area (Å²) in [6, 6.07) is 7.11. The summed E-state index contributed by atoms with van der Waals surface area (Å²) in [6.45, 7) is 3.62. The van der Waals surface area contributed by atoms with E-state index in [-0.39, 0.29) is 10.9 Å². The van der Waals surface area contributed by atoms with Gasteiger partial charge in [0.25, 0.3) is 11.8 Å². The number of hydrogen-bond donors (Lipinski definition) is 2. The van der Waals surface area contributed by atoms with E-state index in [1.165, 1.54) is 24.4 Å². The molecule has 6 nitrogen and oxygen atoms in total. The van der Waals surface area contributed by atoms with E-state index in [9.17, 15) is 9.59 Å². The molecule has 1 heterocycles. The van der Waals surface area contributed by atoms with Crippen LogP contribution >= 0.6 is 39.1 Å². The molecule has 0 saturated carbocycles. The number of carbonyl (C=O) groups excluding carboxylic acids is 2. The van der Waals surface area contributed by atoms with Crippen molar-refractivity contribution in [2.24, 2.45) is 11.0 Å². The lowest BCUT2D eigenvalue weighted by Crippen LogP contribution is -2.48. The zero-order chi connectivity index (χ0) is 19.3. The molecule has 2 amide bonds. The molecule has 0 aliphatic heterocycles. The van der Waals surface area contributed by atoms with Crippen molar-refractivity contribution in [1.29, 1.82) is 0 Å². The molecule has 0 bridgehead atoms. The predicted octanol–water partition coefficient (Wildman–Crippen LogP) is 4.25. The second kappa shape index (κ2) is 9.21. The molecule has 0 aliphatic carbocycles. The number of halogens is 3. The zero-order valence-corrected chi connectivity index (χ0v) is 17.0. The van der Waals surface area contributed by atoms with Gasteiger partial charge < -0.3 is 9.73 Å². The van der Waals surface area contributed by atoms with Gasteiger partial charge in [-0.1, -0.05) is 37.0 Å². The maximum absolute atomic E-state index is 12.4. The molecule has 2 N–H and O–H groups in total. The maximum atomic E-state index is 12.4. The SMILES string of the molecule is CC(C)C(NC(=O)c1ccc(Cl)c(Cl)c1)C(=O)N/N=C\c1ccc(Br)o1. The highest BCUT2D eigenvalue weighted by molar-refractivity contribution is 9.10. The lowest BCUT2D eigenvalue weighted by molar-refractivity contribution is -0.123. The average Bonchev–Trinajstić information content (AvgIpc) is 2.99. The summed E-state index contributed by atoms with van der Waals surface area (Å²) in [5.41, 5.74) is 2.70. The normalized spacial score (nSPS) is 12.4. The first-order valence-corrected chi connectivity index (χ1v) is 9.17. The van der Waals surface area contributed by atoms with E-state index in [1.54, 1.807) is 12.1 Å². The maximum Gasteiger partial charge on any atom is 0.262 e. The number of furan rings is 1. The second-order valence-electron chi connectivity index (χ2n) is 5.70. The van der Waals surface area contributed by atoms with Crippen LogP contribution in [0, 0.1) is 5.92 Å². The van der Waals surface area contributed by atoms with E-state index < -0.39 is 17.9 Å². The Hall–Kier alpha value is -1.83. The lowest BCUT2D eigenvalue weighted by atomic mass is 10.0. The van der Waals surface area contributed by atoms with Gasteiger partial charge in [0, 0.05) is 5.56 Å². The van der Waals surface area contributed by atoms with Gasteiger partial charge in [-0.3, -0.25) is 9.59 Å². The molecule has 0 fully saturated rings. The van der Waals surface area contributed by atoms with Crippen LogP contribution in [0.1, 0.15) is 30.0 Å². The van der Waals surface area contributed by atoms with E-state index in [4.69, 9.17) is 27.6 Å². The number of rotatable bonds is 6. The van der Waals surface area contributed by atoms with Crippen LogP contribution < -0.4 is 10.7 Å². The highest BCUT2D eigenvalue weighted by atomic mass is 79.9. The second-order valence-corrected chi connectivity index (χ2v) is 7.30. The molecular formula is C17H16BrCl2N3O3. The Morgan fingerprint density at radius 3 is 2.50 bits per heavy atom. The molecule has 0 saturated heterocycles. The predicted molar refractivity (Wildman–Crippen MR) is 105 cm³/mol. The number of nitrogens with one attached hydrogen (secondary N) is 2. The third-order valence-corrected chi connectivity index (χ3v) is 4.54. The van der Waals surface area contributed by atoms with Gasteiger partial charge in [0.05, 0.1) is 16.3 Å². The molecule has 0 radical (unpaired) electrons. The molecule has 138 valence electrons. The fraction of sp³-hybridized carbons (Fsp3) is 0.235. The van der Waals surface area contributed by atoms with E-state index in [2.05, 4.69) is 31.8 Å². The van der Waals surface area contributed by atoms with Crippen LogP contribution in [0.25, 0.3) is 0 Å². The molecule has 2 aromatic rings. The van der Waals surface area contributed by atoms with Gasteiger partial charge >= 0.3 is 0 Å². The fourth-order valence-corrected chi connectivity index (χ4v) is 2.64. The van der Waals surface area contributed by atoms with Crippen molar-refractivity contribution in [2.45, 2.75) is 19.9 Å². The van der Waals surface area contributed by atoms with Gasteiger partial charge in [0.1, 0.15) is 11.8 Å². The van der Waals surface area contributed by atoms with Gasteiger partial charge in [-0.05, 0) is 52.2 Å². The first-order chi connectivity index (χ1) is 12.3. The number of amides is 2. The van der Waals surface area contributed by atoms with Crippen LogP contribution in [-0.2, 0) is 4.79 Å². The Labute approximate surface area is 169 Å². The number of hydrogen-bond acceptors (Lipinski definition) is 4. The summed E-state index contributed by atoms with van der Waals surface area (Å²) >= 11 is 14.9. The number of carbonyl (C=O) groups is 2. The summed E-state index contributed by atoms with van der Waals surface area (Å²) in [5, 5.41) is 7.12. The summed E-state index contributed by atoms with van der Waals surface area (Å²) in [7, 11) is 0. The third kappa shape index (κ3) is 5.59. The molecule has 0 spiro atoms. The summed E-state index contributed by atoms with van der Waals surface area (Å²) < 4.78 is 5.79. The summed E-state index contributed by atoms with van der Waals surface area (Å²) in [6.07, 6.45) is 1.36. The highest BCUT2D eigenvalue weighted by Crippen LogP contribution is 2.22. The Balaban J connectivity index is 2.02. The zero-order valence-electron chi connectivity index (χ0n) is 13.9. The number of nitrogens with zero attached hydrogens (tertiary/aromatic N) is 1. The molecule has 1 unspecified atom stereocenters. The molecule has 1 atom stereocenters. The molecule has 1 aromatic heterocycles. The minimum Gasteiger partial charge on any atom is -0.448 e. The lowest BCUT2D eigenvalue weighted by Gasteiger charge is -2.20. The first kappa shape index (κ1) is 20.5. The Morgan fingerprint density at radius 2 is 1.92 bits per heavy atom. The molecule has 2 rings (SSSR count). The van der Waals surface area contributed by atoms with Crippen LogP contribution in [-0.4, -0.2) is 24.1 Å². The quantitative estimate of drug-likeness (QED) is 0.499. The van der Waals surface area contributed by atoms with Crippen molar-refractivity contribution in [1.82, 2.24) is 10.7 Å². The summed E-state index contributed by atoms with van der Waals surface area (Å²) in [5.74, 6) is -0.570. The van der Waals surface area contributed by atoms with E-state index in [0.717, 1.165) is 0 Å². The van der Waals surface area contributed by atoms with Gasteiger partial charge in [-0.15, -0.1) is 0 Å². The van der Waals surface area contributed by atoms with Crippen LogP contribution in [0.3, 0.4) is 0 Å². The topological polar surface area (TPSA) is 83.7 Å². The first-order valence-electron chi connectivity index (χ1n) is 7.62. The van der Waals surface area contributed by atoms with Crippen LogP contribution in [0.4, 0.5) is 0 Å².